The van der Waals surface area contributed by atoms with Crippen molar-refractivity contribution >= 4 is 48.8 Å². The molecule has 0 aliphatic carbocycles. The van der Waals surface area contributed by atoms with Crippen LogP contribution >= 0.6 is 28.1 Å². The van der Waals surface area contributed by atoms with Crippen LogP contribution in [-0.2, 0) is 10.0 Å². The molecule has 2 aromatic rings. The standard InChI is InChI=1S/C13H12BrN3O2S2/c1-8-6-9(2-3-10(8)13(15)20)21(18,19)17-12-4-5-16-7-11(12)14/h2-7H,1H3,(H2,15,20)(H,16,17). The minimum atomic E-state index is -3.69. The number of aromatic nitrogens is 1. The topological polar surface area (TPSA) is 85.1 Å². The molecule has 0 radical (unpaired) electrons. The Bertz CT molecular complexity index is 807. The predicted molar refractivity (Wildman–Crippen MR) is 89.8 cm³/mol. The number of aryl methyl sites for hydroxylation is 1. The quantitative estimate of drug-likeness (QED) is 0.789. The maximum Gasteiger partial charge on any atom is 0.261 e. The van der Waals surface area contributed by atoms with Crippen LogP contribution in [0.3, 0.4) is 0 Å². The molecule has 0 amide bonds. The Hall–Kier alpha value is -1.51. The van der Waals surface area contributed by atoms with E-state index in [-0.39, 0.29) is 9.88 Å². The van der Waals surface area contributed by atoms with Gasteiger partial charge in [0.1, 0.15) is 4.99 Å². The molecular formula is C13H12BrN3O2S2. The Balaban J connectivity index is 2.39. The molecule has 0 aliphatic rings. The summed E-state index contributed by atoms with van der Waals surface area (Å²) in [7, 11) is -3.69. The van der Waals surface area contributed by atoms with Gasteiger partial charge in [-0.15, -0.1) is 0 Å². The van der Waals surface area contributed by atoms with Crippen molar-refractivity contribution in [1.82, 2.24) is 4.98 Å². The molecule has 1 heterocycles. The highest BCUT2D eigenvalue weighted by atomic mass is 79.9. The van der Waals surface area contributed by atoms with Crippen molar-refractivity contribution in [2.45, 2.75) is 11.8 Å². The Kier molecular flexibility index (Phi) is 4.60. The third kappa shape index (κ3) is 3.58. The van der Waals surface area contributed by atoms with Crippen molar-refractivity contribution in [2.75, 3.05) is 4.72 Å². The number of anilines is 1. The van der Waals surface area contributed by atoms with E-state index in [1.54, 1.807) is 19.1 Å². The molecule has 0 saturated heterocycles. The molecule has 2 rings (SSSR count). The van der Waals surface area contributed by atoms with E-state index in [0.29, 0.717) is 21.3 Å². The summed E-state index contributed by atoms with van der Waals surface area (Å²) < 4.78 is 27.8. The van der Waals surface area contributed by atoms with Crippen LogP contribution in [0.5, 0.6) is 0 Å². The van der Waals surface area contributed by atoms with Gasteiger partial charge in [0.05, 0.1) is 15.1 Å². The van der Waals surface area contributed by atoms with Gasteiger partial charge in [0.25, 0.3) is 10.0 Å². The van der Waals surface area contributed by atoms with Crippen LogP contribution in [0.1, 0.15) is 11.1 Å². The normalized spacial score (nSPS) is 11.1. The molecule has 0 atom stereocenters. The number of halogens is 1. The van der Waals surface area contributed by atoms with Gasteiger partial charge >= 0.3 is 0 Å². The molecule has 21 heavy (non-hydrogen) atoms. The van der Waals surface area contributed by atoms with Crippen LogP contribution in [0.15, 0.2) is 46.0 Å². The third-order valence-electron chi connectivity index (χ3n) is 2.79. The van der Waals surface area contributed by atoms with Crippen LogP contribution in [0.2, 0.25) is 0 Å². The molecule has 5 nitrogen and oxygen atoms in total. The van der Waals surface area contributed by atoms with Gasteiger partial charge in [-0.3, -0.25) is 9.71 Å². The SMILES string of the molecule is Cc1cc(S(=O)(=O)Nc2ccncc2Br)ccc1C(N)=S. The third-order valence-corrected chi connectivity index (χ3v) is 5.01. The minimum Gasteiger partial charge on any atom is -0.389 e. The van der Waals surface area contributed by atoms with Gasteiger partial charge in [0.15, 0.2) is 0 Å². The zero-order valence-corrected chi connectivity index (χ0v) is 14.2. The van der Waals surface area contributed by atoms with Crippen molar-refractivity contribution in [3.05, 3.63) is 52.3 Å². The Morgan fingerprint density at radius 1 is 1.38 bits per heavy atom. The highest BCUT2D eigenvalue weighted by molar-refractivity contribution is 9.10. The lowest BCUT2D eigenvalue weighted by Gasteiger charge is -2.11. The molecule has 0 aliphatic heterocycles. The summed E-state index contributed by atoms with van der Waals surface area (Å²) in [5, 5.41) is 0. The maximum absolute atomic E-state index is 12.4. The number of nitrogens with one attached hydrogen (secondary N) is 1. The lowest BCUT2D eigenvalue weighted by molar-refractivity contribution is 0.601. The van der Waals surface area contributed by atoms with E-state index in [4.69, 9.17) is 18.0 Å². The maximum atomic E-state index is 12.4. The van der Waals surface area contributed by atoms with Gasteiger partial charge in [-0.1, -0.05) is 18.3 Å². The van der Waals surface area contributed by atoms with E-state index in [0.717, 1.165) is 0 Å². The molecule has 0 spiro atoms. The summed E-state index contributed by atoms with van der Waals surface area (Å²) in [4.78, 5) is 4.26. The Morgan fingerprint density at radius 3 is 2.67 bits per heavy atom. The van der Waals surface area contributed by atoms with E-state index in [1.807, 2.05) is 0 Å². The van der Waals surface area contributed by atoms with Gasteiger partial charge in [-0.25, -0.2) is 8.42 Å². The number of nitrogens with zero attached hydrogens (tertiary/aromatic N) is 1. The zero-order valence-electron chi connectivity index (χ0n) is 11.0. The summed E-state index contributed by atoms with van der Waals surface area (Å²) in [6.45, 7) is 1.76. The smallest absolute Gasteiger partial charge is 0.261 e. The summed E-state index contributed by atoms with van der Waals surface area (Å²) in [6, 6.07) is 6.18. The molecule has 0 fully saturated rings. The fourth-order valence-corrected chi connectivity index (χ4v) is 3.62. The van der Waals surface area contributed by atoms with Crippen LogP contribution in [0, 0.1) is 6.92 Å². The lowest BCUT2D eigenvalue weighted by atomic mass is 10.1. The average Bonchev–Trinajstić information content (AvgIpc) is 2.40. The minimum absolute atomic E-state index is 0.142. The van der Waals surface area contributed by atoms with Crippen LogP contribution in [-0.4, -0.2) is 18.4 Å². The van der Waals surface area contributed by atoms with Crippen molar-refractivity contribution in [3.63, 3.8) is 0 Å². The number of sulfonamides is 1. The molecule has 0 bridgehead atoms. The Labute approximate surface area is 136 Å². The highest BCUT2D eigenvalue weighted by Crippen LogP contribution is 2.24. The highest BCUT2D eigenvalue weighted by Gasteiger charge is 2.17. The lowest BCUT2D eigenvalue weighted by Crippen LogP contribution is -2.15. The predicted octanol–water partition coefficient (Wildman–Crippen LogP) is 2.59. The van der Waals surface area contributed by atoms with Gasteiger partial charge in [0.2, 0.25) is 0 Å². The second kappa shape index (κ2) is 6.08. The second-order valence-corrected chi connectivity index (χ2v) is 7.28. The van der Waals surface area contributed by atoms with E-state index in [2.05, 4.69) is 25.6 Å². The number of hydrogen-bond acceptors (Lipinski definition) is 4. The zero-order chi connectivity index (χ0) is 15.6. The molecule has 0 saturated carbocycles. The number of rotatable bonds is 4. The van der Waals surface area contributed by atoms with Crippen molar-refractivity contribution in [3.8, 4) is 0 Å². The van der Waals surface area contributed by atoms with Crippen molar-refractivity contribution in [1.29, 1.82) is 0 Å². The van der Waals surface area contributed by atoms with E-state index < -0.39 is 10.0 Å². The first-order valence-corrected chi connectivity index (χ1v) is 8.52. The van der Waals surface area contributed by atoms with Gasteiger partial charge in [0, 0.05) is 18.0 Å². The van der Waals surface area contributed by atoms with Crippen LogP contribution in [0.4, 0.5) is 5.69 Å². The molecule has 1 aromatic carbocycles. The molecule has 0 unspecified atom stereocenters. The first kappa shape index (κ1) is 15.9. The van der Waals surface area contributed by atoms with Gasteiger partial charge < -0.3 is 5.73 Å². The summed E-state index contributed by atoms with van der Waals surface area (Å²) >= 11 is 8.15. The largest absolute Gasteiger partial charge is 0.389 e. The first-order chi connectivity index (χ1) is 9.81. The fourth-order valence-electron chi connectivity index (χ4n) is 1.74. The first-order valence-electron chi connectivity index (χ1n) is 5.84. The van der Waals surface area contributed by atoms with Crippen molar-refractivity contribution < 1.29 is 8.42 Å². The number of hydrogen-bond donors (Lipinski definition) is 2. The number of nitrogens with two attached hydrogens (primary N) is 1. The number of thiocarbonyl (C=S) groups is 1. The van der Waals surface area contributed by atoms with Gasteiger partial charge in [-0.2, -0.15) is 0 Å². The van der Waals surface area contributed by atoms with Crippen LogP contribution < -0.4 is 10.5 Å². The van der Waals surface area contributed by atoms with Crippen molar-refractivity contribution in [2.24, 2.45) is 5.73 Å². The Morgan fingerprint density at radius 2 is 2.10 bits per heavy atom. The molecular weight excluding hydrogens is 374 g/mol. The fraction of sp³-hybridized carbons (Fsp3) is 0.0769. The van der Waals surface area contributed by atoms with E-state index in [1.165, 1.54) is 24.5 Å². The number of pyridine rings is 1. The monoisotopic (exact) mass is 385 g/mol. The van der Waals surface area contributed by atoms with E-state index in [9.17, 15) is 8.42 Å². The van der Waals surface area contributed by atoms with Gasteiger partial charge in [-0.05, 0) is 46.6 Å². The van der Waals surface area contributed by atoms with Crippen LogP contribution in [0.25, 0.3) is 0 Å². The summed E-state index contributed by atoms with van der Waals surface area (Å²) in [5.41, 5.74) is 7.36. The number of benzene rings is 1. The molecule has 3 N–H and O–H groups in total. The molecule has 1 aromatic heterocycles. The summed E-state index contributed by atoms with van der Waals surface area (Å²) in [5.74, 6) is 0. The molecule has 110 valence electrons. The van der Waals surface area contributed by atoms with E-state index >= 15 is 0 Å². The summed E-state index contributed by atoms with van der Waals surface area (Å²) in [6.07, 6.45) is 3.02. The average molecular weight is 386 g/mol. The second-order valence-electron chi connectivity index (χ2n) is 4.30. The molecule has 8 heteroatoms.